The molecule has 0 saturated carbocycles. The van der Waals surface area contributed by atoms with E-state index in [4.69, 9.17) is 28.0 Å². The van der Waals surface area contributed by atoms with Crippen molar-refractivity contribution in [3.63, 3.8) is 0 Å². The van der Waals surface area contributed by atoms with E-state index in [-0.39, 0.29) is 0 Å². The van der Waals surface area contributed by atoms with Gasteiger partial charge in [-0.3, -0.25) is 28.8 Å². The first kappa shape index (κ1) is 28.2. The molecule has 6 amide bonds. The Kier molecular flexibility index (Phi) is 11.3. The molecule has 0 aliphatic heterocycles. The van der Waals surface area contributed by atoms with Crippen molar-refractivity contribution in [3.05, 3.63) is 0 Å². The van der Waals surface area contributed by atoms with Crippen molar-refractivity contribution in [2.24, 2.45) is 22.9 Å². The molecular formula is C16H27N7O9. The Balaban J connectivity index is 5.58. The number of rotatable bonds is 14. The number of hydrogen-bond acceptors (Lipinski definition) is 9. The molecule has 0 radical (unpaired) electrons. The van der Waals surface area contributed by atoms with E-state index in [9.17, 15) is 38.7 Å². The van der Waals surface area contributed by atoms with Crippen molar-refractivity contribution in [2.45, 2.75) is 56.5 Å². The first-order valence-corrected chi connectivity index (χ1v) is 9.08. The van der Waals surface area contributed by atoms with Crippen molar-refractivity contribution in [1.82, 2.24) is 16.0 Å². The molecule has 16 heteroatoms. The average molecular weight is 461 g/mol. The number of primary amides is 3. The predicted octanol–water partition coefficient (Wildman–Crippen LogP) is -6.14. The minimum absolute atomic E-state index is 0.742. The van der Waals surface area contributed by atoms with Crippen LogP contribution in [0.25, 0.3) is 0 Å². The van der Waals surface area contributed by atoms with Crippen molar-refractivity contribution in [2.75, 3.05) is 0 Å². The summed E-state index contributed by atoms with van der Waals surface area (Å²) in [6, 6.07) is -6.63. The van der Waals surface area contributed by atoms with Crippen molar-refractivity contribution >= 4 is 41.4 Å². The average Bonchev–Trinajstić information content (AvgIpc) is 2.64. The van der Waals surface area contributed by atoms with E-state index in [1.165, 1.54) is 6.92 Å². The summed E-state index contributed by atoms with van der Waals surface area (Å²) in [5.41, 5.74) is 20.4. The topological polar surface area (TPSA) is 300 Å². The Morgan fingerprint density at radius 3 is 1.31 bits per heavy atom. The molecule has 0 rings (SSSR count). The second-order valence-electron chi connectivity index (χ2n) is 6.80. The highest BCUT2D eigenvalue weighted by atomic mass is 16.4. The molecule has 0 aliphatic carbocycles. The van der Waals surface area contributed by atoms with Crippen LogP contribution in [0.2, 0.25) is 0 Å². The molecule has 0 aliphatic rings. The first-order valence-electron chi connectivity index (χ1n) is 9.08. The van der Waals surface area contributed by atoms with Crippen LogP contribution in [-0.4, -0.2) is 81.9 Å². The molecule has 13 N–H and O–H groups in total. The number of carbonyl (C=O) groups excluding carboxylic acids is 6. The summed E-state index contributed by atoms with van der Waals surface area (Å²) in [7, 11) is 0. The Morgan fingerprint density at radius 1 is 0.688 bits per heavy atom. The van der Waals surface area contributed by atoms with Gasteiger partial charge in [-0.2, -0.15) is 0 Å². The molecule has 0 fully saturated rings. The van der Waals surface area contributed by atoms with E-state index in [1.807, 2.05) is 10.6 Å². The Hall–Kier alpha value is -3.79. The summed E-state index contributed by atoms with van der Waals surface area (Å²) in [6.07, 6.45) is -3.63. The van der Waals surface area contributed by atoms with Crippen LogP contribution >= 0.6 is 0 Å². The molecule has 0 aromatic heterocycles. The van der Waals surface area contributed by atoms with Gasteiger partial charge in [0.25, 0.3) is 0 Å². The van der Waals surface area contributed by atoms with Gasteiger partial charge < -0.3 is 49.1 Å². The molecular weight excluding hydrogens is 434 g/mol. The predicted molar refractivity (Wildman–Crippen MR) is 105 cm³/mol. The third-order valence-electron chi connectivity index (χ3n) is 3.92. The largest absolute Gasteiger partial charge is 0.480 e. The van der Waals surface area contributed by atoms with Crippen LogP contribution in [0.5, 0.6) is 0 Å². The molecule has 0 saturated heterocycles. The number of carboxylic acid groups (broad SMARTS) is 1. The standard InChI is InChI=1S/C16H27N7O9/c1-5(24)12(20)15(30)22-7(3-10(18)26)13(28)21-6(2-9(17)25)14(29)23-8(16(31)32)4-11(19)27/h5-8,12,24H,2-4,20H2,1H3,(H2,17,25)(H2,18,26)(H2,19,27)(H,21,28)(H,22,30)(H,23,29)(H,31,32). The number of carbonyl (C=O) groups is 7. The van der Waals surface area contributed by atoms with E-state index in [0.717, 1.165) is 0 Å². The second-order valence-corrected chi connectivity index (χ2v) is 6.80. The van der Waals surface area contributed by atoms with Crippen molar-refractivity contribution in [3.8, 4) is 0 Å². The maximum Gasteiger partial charge on any atom is 0.326 e. The van der Waals surface area contributed by atoms with Crippen LogP contribution in [-0.2, 0) is 33.6 Å². The smallest absolute Gasteiger partial charge is 0.326 e. The van der Waals surface area contributed by atoms with E-state index in [0.29, 0.717) is 0 Å². The van der Waals surface area contributed by atoms with Gasteiger partial charge in [0.1, 0.15) is 24.2 Å². The molecule has 32 heavy (non-hydrogen) atoms. The number of amides is 6. The number of hydrogen-bond donors (Lipinski definition) is 9. The van der Waals surface area contributed by atoms with Gasteiger partial charge in [-0.1, -0.05) is 0 Å². The lowest BCUT2D eigenvalue weighted by Crippen LogP contribution is -2.59. The van der Waals surface area contributed by atoms with Gasteiger partial charge in [0, 0.05) is 0 Å². The number of nitrogens with two attached hydrogens (primary N) is 4. The maximum absolute atomic E-state index is 12.5. The summed E-state index contributed by atoms with van der Waals surface area (Å²) in [4.78, 5) is 81.7. The quantitative estimate of drug-likeness (QED) is 0.118. The highest BCUT2D eigenvalue weighted by Crippen LogP contribution is 2.01. The van der Waals surface area contributed by atoms with Gasteiger partial charge in [-0.15, -0.1) is 0 Å². The van der Waals surface area contributed by atoms with E-state index in [1.54, 1.807) is 0 Å². The van der Waals surface area contributed by atoms with Crippen LogP contribution in [0, 0.1) is 0 Å². The zero-order valence-corrected chi connectivity index (χ0v) is 17.1. The Bertz CT molecular complexity index is 771. The van der Waals surface area contributed by atoms with Crippen LogP contribution in [0.4, 0.5) is 0 Å². The zero-order valence-electron chi connectivity index (χ0n) is 17.1. The summed E-state index contributed by atoms with van der Waals surface area (Å²) in [6.45, 7) is 1.20. The molecule has 5 atom stereocenters. The minimum Gasteiger partial charge on any atom is -0.480 e. The van der Waals surface area contributed by atoms with Gasteiger partial charge in [-0.25, -0.2) is 4.79 Å². The van der Waals surface area contributed by atoms with Gasteiger partial charge in [0.05, 0.1) is 25.4 Å². The first-order chi connectivity index (χ1) is 14.6. The lowest BCUT2D eigenvalue weighted by atomic mass is 10.1. The fourth-order valence-corrected chi connectivity index (χ4v) is 2.25. The molecule has 0 aromatic rings. The van der Waals surface area contributed by atoms with Crippen molar-refractivity contribution in [1.29, 1.82) is 0 Å². The Morgan fingerprint density at radius 2 is 1.00 bits per heavy atom. The molecule has 16 nitrogen and oxygen atoms in total. The lowest BCUT2D eigenvalue weighted by Gasteiger charge is -2.24. The van der Waals surface area contributed by atoms with Gasteiger partial charge in [0.2, 0.25) is 35.4 Å². The number of aliphatic hydroxyl groups is 1. The van der Waals surface area contributed by atoms with E-state index in [2.05, 4.69) is 5.32 Å². The van der Waals surface area contributed by atoms with E-state index < -0.39 is 90.9 Å². The highest BCUT2D eigenvalue weighted by molar-refractivity contribution is 5.98. The number of nitrogens with one attached hydrogen (secondary N) is 3. The third-order valence-corrected chi connectivity index (χ3v) is 3.92. The normalized spacial score (nSPS) is 15.2. The molecule has 5 unspecified atom stereocenters. The second kappa shape index (κ2) is 12.8. The summed E-state index contributed by atoms with van der Waals surface area (Å²) >= 11 is 0. The van der Waals surface area contributed by atoms with Crippen LogP contribution in [0.3, 0.4) is 0 Å². The Labute approximate surface area is 181 Å². The number of carboxylic acids is 1. The van der Waals surface area contributed by atoms with Crippen LogP contribution < -0.4 is 38.9 Å². The summed E-state index contributed by atoms with van der Waals surface area (Å²) in [5.74, 6) is -8.17. The number of aliphatic carboxylic acids is 1. The van der Waals surface area contributed by atoms with Crippen molar-refractivity contribution < 1.29 is 43.8 Å². The highest BCUT2D eigenvalue weighted by Gasteiger charge is 2.32. The molecule has 0 spiro atoms. The summed E-state index contributed by atoms with van der Waals surface area (Å²) < 4.78 is 0. The van der Waals surface area contributed by atoms with Crippen LogP contribution in [0.15, 0.2) is 0 Å². The fourth-order valence-electron chi connectivity index (χ4n) is 2.25. The molecule has 0 aromatic carbocycles. The van der Waals surface area contributed by atoms with Gasteiger partial charge >= 0.3 is 5.97 Å². The lowest BCUT2D eigenvalue weighted by molar-refractivity contribution is -0.144. The van der Waals surface area contributed by atoms with Gasteiger partial charge in [0.15, 0.2) is 0 Å². The fraction of sp³-hybridized carbons (Fsp3) is 0.562. The third kappa shape index (κ3) is 10.3. The summed E-state index contributed by atoms with van der Waals surface area (Å²) in [5, 5.41) is 24.5. The minimum atomic E-state index is -1.77. The van der Waals surface area contributed by atoms with E-state index >= 15 is 0 Å². The maximum atomic E-state index is 12.5. The number of aliphatic hydroxyl groups excluding tert-OH is 1. The zero-order chi connectivity index (χ0) is 25.2. The molecule has 180 valence electrons. The SMILES string of the molecule is CC(O)C(N)C(=O)NC(CC(N)=O)C(=O)NC(CC(N)=O)C(=O)NC(CC(N)=O)C(=O)O. The monoisotopic (exact) mass is 461 g/mol. The molecule has 0 heterocycles. The van der Waals surface area contributed by atoms with Gasteiger partial charge in [-0.05, 0) is 6.92 Å². The van der Waals surface area contributed by atoms with Crippen LogP contribution in [0.1, 0.15) is 26.2 Å². The molecule has 0 bridgehead atoms.